The summed E-state index contributed by atoms with van der Waals surface area (Å²) in [7, 11) is 1.55. The van der Waals surface area contributed by atoms with Crippen molar-refractivity contribution in [3.8, 4) is 11.5 Å². The predicted molar refractivity (Wildman–Crippen MR) is 61.0 cm³/mol. The van der Waals surface area contributed by atoms with Crippen LogP contribution in [0.1, 0.15) is 0 Å². The third-order valence-corrected chi connectivity index (χ3v) is 1.74. The van der Waals surface area contributed by atoms with E-state index in [1.54, 1.807) is 7.05 Å². The third kappa shape index (κ3) is 3.05. The van der Waals surface area contributed by atoms with Crippen LogP contribution in [0.25, 0.3) is 0 Å². The van der Waals surface area contributed by atoms with Gasteiger partial charge in [0.15, 0.2) is 23.4 Å². The van der Waals surface area contributed by atoms with E-state index in [0.29, 0.717) is 5.69 Å². The molecule has 0 atom stereocenters. The van der Waals surface area contributed by atoms with Crippen molar-refractivity contribution >= 4 is 17.6 Å². The van der Waals surface area contributed by atoms with Crippen LogP contribution < -0.4 is 16.0 Å². The molecule has 0 heterocycles. The molecule has 1 rings (SSSR count). The Balaban J connectivity index is 2.63. The van der Waals surface area contributed by atoms with Crippen molar-refractivity contribution in [2.24, 2.45) is 0 Å². The summed E-state index contributed by atoms with van der Waals surface area (Å²) in [5, 5.41) is 40.4. The molecule has 7 N–H and O–H groups in total. The zero-order chi connectivity index (χ0) is 12.1. The molecule has 0 bridgehead atoms. The number of hydrogen-bond acceptors (Lipinski definition) is 4. The minimum Gasteiger partial charge on any atom is -0.504 e. The lowest BCUT2D eigenvalue weighted by Crippen LogP contribution is -2.41. The van der Waals surface area contributed by atoms with Gasteiger partial charge in [0.25, 0.3) is 0 Å². The highest BCUT2D eigenvalue weighted by Gasteiger charge is 2.03. The van der Waals surface area contributed by atoms with E-state index >= 15 is 0 Å². The molecular formula is C9H13N5O2. The first-order valence-electron chi connectivity index (χ1n) is 4.44. The highest BCUT2D eigenvalue weighted by Crippen LogP contribution is 2.27. The highest BCUT2D eigenvalue weighted by atomic mass is 16.3. The summed E-state index contributed by atoms with van der Waals surface area (Å²) < 4.78 is 0. The van der Waals surface area contributed by atoms with Gasteiger partial charge in [0.05, 0.1) is 0 Å². The SMILES string of the molecule is CNC(=N)NC(=N)Nc1ccc(O)c(O)c1. The number of anilines is 1. The molecule has 0 amide bonds. The summed E-state index contributed by atoms with van der Waals surface area (Å²) in [5.41, 5.74) is 0.428. The average Bonchev–Trinajstić information content (AvgIpc) is 2.23. The van der Waals surface area contributed by atoms with Gasteiger partial charge in [-0.15, -0.1) is 0 Å². The van der Waals surface area contributed by atoms with Crippen LogP contribution in [0.3, 0.4) is 0 Å². The number of guanidine groups is 2. The molecule has 16 heavy (non-hydrogen) atoms. The molecule has 7 heteroatoms. The molecule has 0 aliphatic carbocycles. The molecule has 1 aromatic rings. The van der Waals surface area contributed by atoms with Gasteiger partial charge >= 0.3 is 0 Å². The van der Waals surface area contributed by atoms with Crippen LogP contribution in [0, 0.1) is 10.8 Å². The lowest BCUT2D eigenvalue weighted by molar-refractivity contribution is 0.404. The van der Waals surface area contributed by atoms with Crippen LogP contribution in [-0.2, 0) is 0 Å². The lowest BCUT2D eigenvalue weighted by atomic mass is 10.3. The van der Waals surface area contributed by atoms with Gasteiger partial charge in [0.1, 0.15) is 0 Å². The largest absolute Gasteiger partial charge is 0.504 e. The molecule has 0 saturated heterocycles. The van der Waals surface area contributed by atoms with Gasteiger partial charge in [-0.05, 0) is 12.1 Å². The third-order valence-electron chi connectivity index (χ3n) is 1.74. The molecule has 0 spiro atoms. The van der Waals surface area contributed by atoms with Gasteiger partial charge in [-0.25, -0.2) is 0 Å². The Labute approximate surface area is 92.1 Å². The van der Waals surface area contributed by atoms with Crippen molar-refractivity contribution in [1.82, 2.24) is 10.6 Å². The number of phenolic OH excluding ortho intramolecular Hbond substituents is 2. The molecule has 7 nitrogen and oxygen atoms in total. The Bertz CT molecular complexity index is 418. The second kappa shape index (κ2) is 4.87. The molecule has 0 fully saturated rings. The fraction of sp³-hybridized carbons (Fsp3) is 0.111. The topological polar surface area (TPSA) is 124 Å². The van der Waals surface area contributed by atoms with Crippen molar-refractivity contribution in [1.29, 1.82) is 10.8 Å². The van der Waals surface area contributed by atoms with Gasteiger partial charge in [0.2, 0.25) is 0 Å². The van der Waals surface area contributed by atoms with E-state index in [0.717, 1.165) is 0 Å². The minimum absolute atomic E-state index is 0.0273. The van der Waals surface area contributed by atoms with Crippen molar-refractivity contribution in [3.05, 3.63) is 18.2 Å². The van der Waals surface area contributed by atoms with Crippen molar-refractivity contribution in [2.75, 3.05) is 12.4 Å². The maximum Gasteiger partial charge on any atom is 0.199 e. The first kappa shape index (κ1) is 11.6. The number of rotatable bonds is 1. The fourth-order valence-electron chi connectivity index (χ4n) is 0.964. The van der Waals surface area contributed by atoms with E-state index in [1.165, 1.54) is 18.2 Å². The molecule has 86 valence electrons. The van der Waals surface area contributed by atoms with Crippen LogP contribution in [0.2, 0.25) is 0 Å². The molecule has 0 saturated carbocycles. The number of nitrogens with one attached hydrogen (secondary N) is 5. The summed E-state index contributed by atoms with van der Waals surface area (Å²) in [5.74, 6) is -0.653. The molecule has 0 aliphatic rings. The summed E-state index contributed by atoms with van der Waals surface area (Å²) in [4.78, 5) is 0. The second-order valence-corrected chi connectivity index (χ2v) is 2.95. The van der Waals surface area contributed by atoms with E-state index in [1.807, 2.05) is 0 Å². The summed E-state index contributed by atoms with van der Waals surface area (Å²) >= 11 is 0. The van der Waals surface area contributed by atoms with E-state index < -0.39 is 0 Å². The monoisotopic (exact) mass is 223 g/mol. The Hall–Kier alpha value is -2.44. The van der Waals surface area contributed by atoms with E-state index in [4.69, 9.17) is 15.9 Å². The maximum atomic E-state index is 9.21. The average molecular weight is 223 g/mol. The zero-order valence-corrected chi connectivity index (χ0v) is 8.63. The smallest absolute Gasteiger partial charge is 0.199 e. The van der Waals surface area contributed by atoms with Crippen molar-refractivity contribution in [3.63, 3.8) is 0 Å². The molecule has 0 unspecified atom stereocenters. The first-order valence-corrected chi connectivity index (χ1v) is 4.44. The Morgan fingerprint density at radius 2 is 1.81 bits per heavy atom. The number of aromatic hydroxyl groups is 2. The molecule has 1 aromatic carbocycles. The Morgan fingerprint density at radius 1 is 1.12 bits per heavy atom. The molecular weight excluding hydrogens is 210 g/mol. The molecule has 0 aromatic heterocycles. The van der Waals surface area contributed by atoms with Gasteiger partial charge in [-0.3, -0.25) is 16.1 Å². The van der Waals surface area contributed by atoms with Gasteiger partial charge < -0.3 is 20.8 Å². The summed E-state index contributed by atoms with van der Waals surface area (Å²) in [6, 6.07) is 4.07. The van der Waals surface area contributed by atoms with Crippen LogP contribution in [0.5, 0.6) is 11.5 Å². The van der Waals surface area contributed by atoms with Crippen LogP contribution >= 0.6 is 0 Å². The van der Waals surface area contributed by atoms with Gasteiger partial charge in [-0.1, -0.05) is 0 Å². The highest BCUT2D eigenvalue weighted by molar-refractivity contribution is 6.02. The Kier molecular flexibility index (Phi) is 3.54. The number of phenols is 2. The number of hydrogen-bond donors (Lipinski definition) is 7. The van der Waals surface area contributed by atoms with E-state index in [-0.39, 0.29) is 23.4 Å². The minimum atomic E-state index is -0.276. The lowest BCUT2D eigenvalue weighted by Gasteiger charge is -2.10. The molecule has 0 aliphatic heterocycles. The second-order valence-electron chi connectivity index (χ2n) is 2.95. The summed E-state index contributed by atoms with van der Waals surface area (Å²) in [6.45, 7) is 0. The van der Waals surface area contributed by atoms with Gasteiger partial charge in [-0.2, -0.15) is 0 Å². The van der Waals surface area contributed by atoms with Crippen LogP contribution in [-0.4, -0.2) is 29.2 Å². The maximum absolute atomic E-state index is 9.21. The molecule has 0 radical (unpaired) electrons. The van der Waals surface area contributed by atoms with E-state index in [9.17, 15) is 5.11 Å². The standard InChI is InChI=1S/C9H13N5O2/c1-12-8(10)14-9(11)13-5-2-3-6(15)7(16)4-5/h2-4,15-16H,1H3,(H5,10,11,12,13,14). The number of benzene rings is 1. The quantitative estimate of drug-likeness (QED) is 0.158. The van der Waals surface area contributed by atoms with Gasteiger partial charge in [0, 0.05) is 18.8 Å². The summed E-state index contributed by atoms with van der Waals surface area (Å²) in [6.07, 6.45) is 0. The van der Waals surface area contributed by atoms with E-state index in [2.05, 4.69) is 16.0 Å². The van der Waals surface area contributed by atoms with Crippen LogP contribution in [0.15, 0.2) is 18.2 Å². The Morgan fingerprint density at radius 3 is 2.38 bits per heavy atom. The normalized spacial score (nSPS) is 9.31. The zero-order valence-electron chi connectivity index (χ0n) is 8.63. The van der Waals surface area contributed by atoms with Crippen molar-refractivity contribution in [2.45, 2.75) is 0 Å². The first-order chi connectivity index (χ1) is 7.52. The van der Waals surface area contributed by atoms with Crippen molar-refractivity contribution < 1.29 is 10.2 Å². The van der Waals surface area contributed by atoms with Crippen LogP contribution in [0.4, 0.5) is 5.69 Å². The predicted octanol–water partition coefficient (Wildman–Crippen LogP) is 0.188. The fourth-order valence-corrected chi connectivity index (χ4v) is 0.964.